The summed E-state index contributed by atoms with van der Waals surface area (Å²) in [7, 11) is 1.54. The van der Waals surface area contributed by atoms with Crippen molar-refractivity contribution in [1.29, 1.82) is 0 Å². The molecule has 4 rings (SSSR count). The van der Waals surface area contributed by atoms with Gasteiger partial charge in [-0.15, -0.1) is 0 Å². The summed E-state index contributed by atoms with van der Waals surface area (Å²) in [6.45, 7) is 6.45. The van der Waals surface area contributed by atoms with Crippen LogP contribution >= 0.6 is 0 Å². The van der Waals surface area contributed by atoms with E-state index in [1.807, 2.05) is 32.9 Å². The van der Waals surface area contributed by atoms with Gasteiger partial charge in [0.15, 0.2) is 0 Å². The molecule has 3 aromatic rings. The van der Waals surface area contributed by atoms with Crippen molar-refractivity contribution in [1.82, 2.24) is 14.7 Å². The Balaban J connectivity index is 1.63. The van der Waals surface area contributed by atoms with Gasteiger partial charge in [-0.3, -0.25) is 4.79 Å². The highest BCUT2D eigenvalue weighted by molar-refractivity contribution is 6.05. The SMILES string of the molecule is COc1ccccc1NC(=O)c1cnn(-c2cccc(F)c2)c1C1CCN(C(=O)OC(C)(C)C)CC1. The summed E-state index contributed by atoms with van der Waals surface area (Å²) in [4.78, 5) is 27.6. The smallest absolute Gasteiger partial charge is 0.410 e. The van der Waals surface area contributed by atoms with E-state index in [2.05, 4.69) is 10.4 Å². The standard InChI is InChI=1S/C27H31FN4O4/c1-27(2,3)36-26(34)31-14-12-18(13-15-31)24-21(17-29-32(24)20-9-7-8-19(28)16-20)25(33)30-22-10-5-6-11-23(22)35-4/h5-11,16-18H,12-15H2,1-4H3,(H,30,33). The normalized spacial score (nSPS) is 14.4. The van der Waals surface area contributed by atoms with Gasteiger partial charge in [-0.05, 0) is 63.9 Å². The molecule has 0 unspecified atom stereocenters. The number of nitrogens with one attached hydrogen (secondary N) is 1. The monoisotopic (exact) mass is 494 g/mol. The summed E-state index contributed by atoms with van der Waals surface area (Å²) in [5, 5.41) is 7.37. The Labute approximate surface area is 210 Å². The molecule has 0 aliphatic carbocycles. The van der Waals surface area contributed by atoms with Crippen LogP contribution in [0.5, 0.6) is 5.75 Å². The van der Waals surface area contributed by atoms with Crippen LogP contribution in [-0.2, 0) is 4.74 Å². The molecule has 2 heterocycles. The van der Waals surface area contributed by atoms with E-state index in [0.717, 1.165) is 0 Å². The number of benzene rings is 2. The average Bonchev–Trinajstić information content (AvgIpc) is 3.29. The zero-order chi connectivity index (χ0) is 25.9. The maximum atomic E-state index is 14.0. The lowest BCUT2D eigenvalue weighted by molar-refractivity contribution is 0.0203. The molecule has 1 aliphatic heterocycles. The number of halogens is 1. The molecule has 0 spiro atoms. The first-order valence-corrected chi connectivity index (χ1v) is 11.9. The number of likely N-dealkylation sites (tertiary alicyclic amines) is 1. The van der Waals surface area contributed by atoms with Crippen LogP contribution in [0, 0.1) is 5.82 Å². The molecule has 0 bridgehead atoms. The number of anilines is 1. The molecule has 2 amide bonds. The zero-order valence-electron chi connectivity index (χ0n) is 21.0. The van der Waals surface area contributed by atoms with Gasteiger partial charge in [-0.25, -0.2) is 13.9 Å². The largest absolute Gasteiger partial charge is 0.495 e. The molecular weight excluding hydrogens is 463 g/mol. The number of aromatic nitrogens is 2. The Bertz CT molecular complexity index is 1240. The average molecular weight is 495 g/mol. The van der Waals surface area contributed by atoms with Gasteiger partial charge in [0.05, 0.1) is 35.9 Å². The molecule has 190 valence electrons. The van der Waals surface area contributed by atoms with Crippen LogP contribution < -0.4 is 10.1 Å². The van der Waals surface area contributed by atoms with Crippen molar-refractivity contribution < 1.29 is 23.5 Å². The Morgan fingerprint density at radius 2 is 1.81 bits per heavy atom. The highest BCUT2D eigenvalue weighted by Gasteiger charge is 2.32. The highest BCUT2D eigenvalue weighted by Crippen LogP contribution is 2.34. The van der Waals surface area contributed by atoms with Gasteiger partial charge in [-0.1, -0.05) is 18.2 Å². The van der Waals surface area contributed by atoms with E-state index < -0.39 is 11.4 Å². The maximum absolute atomic E-state index is 14.0. The zero-order valence-corrected chi connectivity index (χ0v) is 21.0. The Hall–Kier alpha value is -3.88. The van der Waals surface area contributed by atoms with E-state index in [1.54, 1.807) is 33.8 Å². The molecule has 0 atom stereocenters. The van der Waals surface area contributed by atoms with Crippen molar-refractivity contribution in [2.45, 2.75) is 45.1 Å². The van der Waals surface area contributed by atoms with Crippen molar-refractivity contribution in [3.8, 4) is 11.4 Å². The second-order valence-corrected chi connectivity index (χ2v) is 9.73. The molecular formula is C27H31FN4O4. The van der Waals surface area contributed by atoms with Crippen LogP contribution in [0.3, 0.4) is 0 Å². The number of piperidine rings is 1. The number of hydrogen-bond acceptors (Lipinski definition) is 5. The van der Waals surface area contributed by atoms with E-state index >= 15 is 0 Å². The van der Waals surface area contributed by atoms with Crippen molar-refractivity contribution >= 4 is 17.7 Å². The van der Waals surface area contributed by atoms with Gasteiger partial charge in [0, 0.05) is 19.0 Å². The van der Waals surface area contributed by atoms with E-state index in [4.69, 9.17) is 9.47 Å². The molecule has 8 nitrogen and oxygen atoms in total. The number of amides is 2. The number of rotatable bonds is 5. The Kier molecular flexibility index (Phi) is 7.28. The third-order valence-corrected chi connectivity index (χ3v) is 5.99. The summed E-state index contributed by atoms with van der Waals surface area (Å²) in [6.07, 6.45) is 2.36. The van der Waals surface area contributed by atoms with Gasteiger partial charge >= 0.3 is 6.09 Å². The van der Waals surface area contributed by atoms with Gasteiger partial charge in [-0.2, -0.15) is 5.10 Å². The third kappa shape index (κ3) is 5.67. The second-order valence-electron chi connectivity index (χ2n) is 9.73. The first-order chi connectivity index (χ1) is 17.2. The molecule has 1 fully saturated rings. The van der Waals surface area contributed by atoms with Crippen LogP contribution in [0.25, 0.3) is 5.69 Å². The lowest BCUT2D eigenvalue weighted by Crippen LogP contribution is -2.41. The van der Waals surface area contributed by atoms with E-state index in [0.29, 0.717) is 54.3 Å². The van der Waals surface area contributed by atoms with Crippen molar-refractivity contribution in [3.05, 3.63) is 71.8 Å². The first kappa shape index (κ1) is 25.2. The lowest BCUT2D eigenvalue weighted by Gasteiger charge is -2.34. The number of carbonyl (C=O) groups is 2. The topological polar surface area (TPSA) is 85.7 Å². The number of para-hydroxylation sites is 2. The van der Waals surface area contributed by atoms with Gasteiger partial charge in [0.2, 0.25) is 0 Å². The minimum Gasteiger partial charge on any atom is -0.495 e. The molecule has 1 aromatic heterocycles. The van der Waals surface area contributed by atoms with Crippen molar-refractivity contribution in [2.75, 3.05) is 25.5 Å². The van der Waals surface area contributed by atoms with Gasteiger partial charge in [0.25, 0.3) is 5.91 Å². The summed E-state index contributed by atoms with van der Waals surface area (Å²) >= 11 is 0. The van der Waals surface area contributed by atoms with Crippen LogP contribution in [0.4, 0.5) is 14.9 Å². The number of methoxy groups -OCH3 is 1. The minimum atomic E-state index is -0.576. The molecule has 1 aliphatic rings. The fourth-order valence-electron chi connectivity index (χ4n) is 4.34. The first-order valence-electron chi connectivity index (χ1n) is 11.9. The number of nitrogens with zero attached hydrogens (tertiary/aromatic N) is 3. The third-order valence-electron chi connectivity index (χ3n) is 5.99. The molecule has 1 saturated heterocycles. The van der Waals surface area contributed by atoms with E-state index in [-0.39, 0.29) is 17.9 Å². The second kappa shape index (κ2) is 10.4. The van der Waals surface area contributed by atoms with Crippen LogP contribution in [-0.4, -0.2) is 52.5 Å². The summed E-state index contributed by atoms with van der Waals surface area (Å²) in [5.74, 6) is -0.274. The van der Waals surface area contributed by atoms with Gasteiger partial charge < -0.3 is 19.7 Å². The van der Waals surface area contributed by atoms with E-state index in [1.165, 1.54) is 25.4 Å². The highest BCUT2D eigenvalue weighted by atomic mass is 19.1. The number of carbonyl (C=O) groups excluding carboxylic acids is 2. The number of ether oxygens (including phenoxy) is 2. The van der Waals surface area contributed by atoms with Crippen LogP contribution in [0.1, 0.15) is 55.6 Å². The Morgan fingerprint density at radius 3 is 2.47 bits per heavy atom. The molecule has 36 heavy (non-hydrogen) atoms. The fourth-order valence-corrected chi connectivity index (χ4v) is 4.34. The lowest BCUT2D eigenvalue weighted by atomic mass is 9.90. The maximum Gasteiger partial charge on any atom is 0.410 e. The molecule has 2 aromatic carbocycles. The Morgan fingerprint density at radius 1 is 1.08 bits per heavy atom. The van der Waals surface area contributed by atoms with Crippen LogP contribution in [0.15, 0.2) is 54.7 Å². The quantitative estimate of drug-likeness (QED) is 0.514. The predicted molar refractivity (Wildman–Crippen MR) is 134 cm³/mol. The van der Waals surface area contributed by atoms with Crippen molar-refractivity contribution in [2.24, 2.45) is 0 Å². The van der Waals surface area contributed by atoms with Crippen LogP contribution in [0.2, 0.25) is 0 Å². The molecule has 1 N–H and O–H groups in total. The summed E-state index contributed by atoms with van der Waals surface area (Å²) in [6, 6.07) is 13.2. The van der Waals surface area contributed by atoms with Crippen molar-refractivity contribution in [3.63, 3.8) is 0 Å². The molecule has 9 heteroatoms. The summed E-state index contributed by atoms with van der Waals surface area (Å²) < 4.78 is 26.5. The van der Waals surface area contributed by atoms with E-state index in [9.17, 15) is 14.0 Å². The predicted octanol–water partition coefficient (Wildman–Crippen LogP) is 5.39. The van der Waals surface area contributed by atoms with Gasteiger partial charge in [0.1, 0.15) is 17.2 Å². The molecule has 0 saturated carbocycles. The number of hydrogen-bond donors (Lipinski definition) is 1. The minimum absolute atomic E-state index is 0.0760. The summed E-state index contributed by atoms with van der Waals surface area (Å²) in [5.41, 5.74) is 1.55. The molecule has 0 radical (unpaired) electrons. The fraction of sp³-hybridized carbons (Fsp3) is 0.370.